The van der Waals surface area contributed by atoms with Gasteiger partial charge in [-0.1, -0.05) is 169 Å². The second-order valence-electron chi connectivity index (χ2n) is 15.1. The van der Waals surface area contributed by atoms with Crippen LogP contribution in [0.15, 0.2) is 212 Å². The van der Waals surface area contributed by atoms with Crippen LogP contribution in [0, 0.1) is 0 Å². The highest BCUT2D eigenvalue weighted by atomic mass is 32.1. The molecule has 0 radical (unpaired) electrons. The summed E-state index contributed by atoms with van der Waals surface area (Å²) in [6, 6.07) is 77.9. The minimum Gasteiger partial charge on any atom is -0.309 e. The molecular formula is C53H35N3SSi-. The summed E-state index contributed by atoms with van der Waals surface area (Å²) in [5, 5.41) is 12.5. The van der Waals surface area contributed by atoms with Gasteiger partial charge >= 0.3 is 0 Å². The molecule has 12 aromatic rings. The summed E-state index contributed by atoms with van der Waals surface area (Å²) in [7, 11) is -2.88. The fourth-order valence-corrected chi connectivity index (χ4v) is 15.3. The first-order chi connectivity index (χ1) is 28.8. The van der Waals surface area contributed by atoms with Crippen LogP contribution in [0.3, 0.4) is 0 Å². The Balaban J connectivity index is 1.18. The van der Waals surface area contributed by atoms with Crippen LogP contribution in [0.25, 0.3) is 75.3 Å². The lowest BCUT2D eigenvalue weighted by molar-refractivity contribution is 1.10. The van der Waals surface area contributed by atoms with Crippen LogP contribution in [0.1, 0.15) is 0 Å². The third-order valence-electron chi connectivity index (χ3n) is 12.1. The van der Waals surface area contributed by atoms with Gasteiger partial charge in [-0.05, 0) is 56.6 Å². The second-order valence-corrected chi connectivity index (χ2v) is 19.9. The molecule has 273 valence electrons. The van der Waals surface area contributed by atoms with E-state index >= 15 is 0 Å². The van der Waals surface area contributed by atoms with E-state index in [4.69, 9.17) is 4.98 Å². The molecule has 0 saturated heterocycles. The highest BCUT2D eigenvalue weighted by Crippen LogP contribution is 2.43. The van der Waals surface area contributed by atoms with Crippen molar-refractivity contribution in [1.29, 1.82) is 0 Å². The van der Waals surface area contributed by atoms with Crippen LogP contribution in [-0.2, 0) is 0 Å². The third-order valence-corrected chi connectivity index (χ3v) is 17.9. The summed E-state index contributed by atoms with van der Waals surface area (Å²) < 4.78 is 7.51. The molecule has 0 bridgehead atoms. The predicted octanol–water partition coefficient (Wildman–Crippen LogP) is 11.0. The molecule has 0 unspecified atom stereocenters. The maximum absolute atomic E-state index is 5.85. The Bertz CT molecular complexity index is 3410. The van der Waals surface area contributed by atoms with Gasteiger partial charge in [0.2, 0.25) is 0 Å². The lowest BCUT2D eigenvalue weighted by atomic mass is 10.1. The summed E-state index contributed by atoms with van der Waals surface area (Å²) in [5.41, 5.74) is 5.84. The minimum absolute atomic E-state index is 0.916. The van der Waals surface area contributed by atoms with Crippen molar-refractivity contribution in [2.45, 2.75) is 0 Å². The third kappa shape index (κ3) is 4.75. The van der Waals surface area contributed by atoms with Gasteiger partial charge in [0.25, 0.3) is 0 Å². The molecule has 0 aliphatic carbocycles. The van der Waals surface area contributed by atoms with Gasteiger partial charge in [-0.3, -0.25) is 9.55 Å². The molecule has 0 N–H and O–H groups in total. The number of nitrogens with zero attached hydrogens (tertiary/aromatic N) is 3. The summed E-state index contributed by atoms with van der Waals surface area (Å²) in [4.78, 5) is 5.85. The fourth-order valence-electron chi connectivity index (χ4n) is 9.64. The number of fused-ring (bicyclic) bond motifs is 10. The van der Waals surface area contributed by atoms with Gasteiger partial charge in [-0.25, -0.2) is 0 Å². The Hall–Kier alpha value is -7.05. The molecule has 0 atom stereocenters. The van der Waals surface area contributed by atoms with Gasteiger partial charge in [-0.15, -0.1) is 11.3 Å². The number of aromatic nitrogens is 3. The molecule has 0 aliphatic rings. The Kier molecular flexibility index (Phi) is 7.42. The van der Waals surface area contributed by atoms with Crippen molar-refractivity contribution >= 4 is 104 Å². The number of benzene rings is 8. The first kappa shape index (κ1) is 33.1. The number of hydrogen-bond acceptors (Lipinski definition) is 2. The van der Waals surface area contributed by atoms with Gasteiger partial charge in [0.1, 0.15) is 5.82 Å². The van der Waals surface area contributed by atoms with E-state index in [-0.39, 0.29) is 0 Å². The van der Waals surface area contributed by atoms with E-state index in [0.29, 0.717) is 0 Å². The van der Waals surface area contributed by atoms with Crippen molar-refractivity contribution < 1.29 is 0 Å². The molecule has 0 saturated carbocycles. The summed E-state index contributed by atoms with van der Waals surface area (Å²) in [6.45, 7) is 0. The zero-order valence-corrected chi connectivity index (χ0v) is 33.3. The fraction of sp³-hybridized carbons (Fsp3) is 0. The molecule has 5 heteroatoms. The number of pyridine rings is 1. The number of hydrogen-bond donors (Lipinski definition) is 0. The monoisotopic (exact) mass is 773 g/mol. The maximum Gasteiger partial charge on any atom is 0.134 e. The average molecular weight is 774 g/mol. The van der Waals surface area contributed by atoms with Crippen LogP contribution in [-0.4, -0.2) is 22.2 Å². The quantitative estimate of drug-likeness (QED) is 0.122. The number of para-hydroxylation sites is 2. The Labute approximate surface area is 340 Å². The van der Waals surface area contributed by atoms with Crippen LogP contribution in [0.5, 0.6) is 0 Å². The van der Waals surface area contributed by atoms with Crippen molar-refractivity contribution in [1.82, 2.24) is 14.1 Å². The van der Waals surface area contributed by atoms with Gasteiger partial charge in [0, 0.05) is 47.4 Å². The van der Waals surface area contributed by atoms with Crippen molar-refractivity contribution in [3.63, 3.8) is 0 Å². The SMILES string of the molecule is c1ccc([Si-](c2ccccc2)(c2ccccc2)c2cccc(-n3c4ccccc4c4ccc5c(c6ccccc6n5-c5ccc6sc7ccccc7c6c5)c43)n2)cc1. The van der Waals surface area contributed by atoms with Gasteiger partial charge in [0.15, 0.2) is 0 Å². The average Bonchev–Trinajstić information content (AvgIpc) is 3.95. The zero-order valence-electron chi connectivity index (χ0n) is 31.5. The normalized spacial score (nSPS) is 12.1. The first-order valence-corrected chi connectivity index (χ1v) is 22.6. The molecule has 0 fully saturated rings. The van der Waals surface area contributed by atoms with Crippen LogP contribution in [0.2, 0.25) is 0 Å². The number of rotatable bonds is 6. The molecule has 0 spiro atoms. The second kappa shape index (κ2) is 13.0. The lowest BCUT2D eigenvalue weighted by Gasteiger charge is -2.46. The number of thiophene rings is 1. The van der Waals surface area contributed by atoms with E-state index < -0.39 is 8.07 Å². The molecule has 12 rings (SSSR count). The van der Waals surface area contributed by atoms with Gasteiger partial charge in [0.05, 0.1) is 22.1 Å². The van der Waals surface area contributed by atoms with Crippen molar-refractivity contribution in [3.8, 4) is 11.5 Å². The predicted molar refractivity (Wildman–Crippen MR) is 249 cm³/mol. The molecule has 0 amide bonds. The first-order valence-electron chi connectivity index (χ1n) is 19.8. The topological polar surface area (TPSA) is 22.8 Å². The highest BCUT2D eigenvalue weighted by molar-refractivity contribution is 7.25. The summed E-state index contributed by atoms with van der Waals surface area (Å²) >= 11 is 1.86. The maximum atomic E-state index is 5.85. The van der Waals surface area contributed by atoms with Crippen molar-refractivity contribution in [3.05, 3.63) is 212 Å². The van der Waals surface area contributed by atoms with E-state index in [1.807, 2.05) is 11.3 Å². The Morgan fingerprint density at radius 1 is 0.379 bits per heavy atom. The Morgan fingerprint density at radius 3 is 1.64 bits per heavy atom. The van der Waals surface area contributed by atoms with Crippen LogP contribution in [0.4, 0.5) is 0 Å². The Morgan fingerprint density at radius 2 is 0.948 bits per heavy atom. The van der Waals surface area contributed by atoms with Crippen LogP contribution >= 0.6 is 11.3 Å². The smallest absolute Gasteiger partial charge is 0.134 e. The standard InChI is InChI=1S/C53H35N3SSi/c1-4-17-37(18-5-1)58(38-19-6-2-7-20-38,39-21-8-3-9-22-39)51-30-16-29-50(54-51)56-45-26-13-10-23-40(45)42-32-33-47-52(53(42)56)43-25-11-14-27-46(43)55(47)36-31-34-49-44(35-36)41-24-12-15-28-48(41)57-49/h1-35H/q-1. The van der Waals surface area contributed by atoms with Gasteiger partial charge in [-0.2, -0.15) is 15.6 Å². The van der Waals surface area contributed by atoms with E-state index in [2.05, 4.69) is 221 Å². The molecule has 4 heterocycles. The molecule has 0 aliphatic heterocycles. The van der Waals surface area contributed by atoms with Crippen molar-refractivity contribution in [2.75, 3.05) is 0 Å². The highest BCUT2D eigenvalue weighted by Gasteiger charge is 2.30. The molecule has 4 aromatic heterocycles. The summed E-state index contributed by atoms with van der Waals surface area (Å²) in [6.07, 6.45) is 0. The van der Waals surface area contributed by atoms with Crippen molar-refractivity contribution in [2.24, 2.45) is 0 Å². The minimum atomic E-state index is -2.88. The largest absolute Gasteiger partial charge is 0.309 e. The van der Waals surface area contributed by atoms with Gasteiger partial charge < -0.3 is 4.57 Å². The van der Waals surface area contributed by atoms with E-state index in [1.165, 1.54) is 73.8 Å². The molecule has 3 nitrogen and oxygen atoms in total. The molecular weight excluding hydrogens is 739 g/mol. The zero-order chi connectivity index (χ0) is 38.2. The van der Waals surface area contributed by atoms with Crippen LogP contribution < -0.4 is 20.9 Å². The van der Waals surface area contributed by atoms with E-state index in [9.17, 15) is 0 Å². The van der Waals surface area contributed by atoms with E-state index in [0.717, 1.165) is 22.3 Å². The lowest BCUT2D eigenvalue weighted by Crippen LogP contribution is -2.75. The molecule has 8 aromatic carbocycles. The summed E-state index contributed by atoms with van der Waals surface area (Å²) in [5.74, 6) is 0.916. The van der Waals surface area contributed by atoms with E-state index in [1.54, 1.807) is 0 Å². The molecule has 58 heavy (non-hydrogen) atoms.